The van der Waals surface area contributed by atoms with Crippen LogP contribution in [0.1, 0.15) is 60.3 Å². The molecule has 2 aliphatic carbocycles. The number of aryl methyl sites for hydroxylation is 2. The van der Waals surface area contributed by atoms with Gasteiger partial charge in [0.25, 0.3) is 0 Å². The van der Waals surface area contributed by atoms with Crippen LogP contribution in [0, 0.1) is 5.92 Å². The van der Waals surface area contributed by atoms with Gasteiger partial charge in [-0.05, 0) is 116 Å². The summed E-state index contributed by atoms with van der Waals surface area (Å²) in [5.41, 5.74) is 6.49. The molecule has 3 N–H and O–H groups in total. The summed E-state index contributed by atoms with van der Waals surface area (Å²) in [4.78, 5) is 0. The van der Waals surface area contributed by atoms with Crippen LogP contribution in [0.4, 0.5) is 5.69 Å². The lowest BCUT2D eigenvalue weighted by Crippen LogP contribution is -2.30. The van der Waals surface area contributed by atoms with Crippen LogP contribution in [0.15, 0.2) is 60.7 Å². The highest BCUT2D eigenvalue weighted by Gasteiger charge is 2.23. The van der Waals surface area contributed by atoms with E-state index in [1.807, 2.05) is 6.07 Å². The third-order valence-corrected chi connectivity index (χ3v) is 8.20. The molecule has 0 heterocycles. The van der Waals surface area contributed by atoms with Gasteiger partial charge in [-0.1, -0.05) is 30.7 Å². The number of methoxy groups -OCH3 is 1. The van der Waals surface area contributed by atoms with Gasteiger partial charge in [-0.3, -0.25) is 0 Å². The van der Waals surface area contributed by atoms with E-state index < -0.39 is 0 Å². The van der Waals surface area contributed by atoms with E-state index in [1.54, 1.807) is 13.2 Å². The summed E-state index contributed by atoms with van der Waals surface area (Å²) in [6, 6.07) is 20.8. The molecule has 0 bridgehead atoms. The lowest BCUT2D eigenvalue weighted by atomic mass is 9.79. The van der Waals surface area contributed by atoms with Crippen LogP contribution in [0.5, 0.6) is 17.2 Å². The molecule has 5 nitrogen and oxygen atoms in total. The molecule has 1 saturated carbocycles. The topological polar surface area (TPSA) is 62.8 Å². The Morgan fingerprint density at radius 2 is 1.74 bits per heavy atom. The maximum Gasteiger partial charge on any atom is 0.120 e. The summed E-state index contributed by atoms with van der Waals surface area (Å²) in [7, 11) is 1.72. The fraction of sp³-hybridized carbons (Fsp3) is 0.455. The van der Waals surface area contributed by atoms with Crippen LogP contribution in [0.3, 0.4) is 0 Å². The van der Waals surface area contributed by atoms with Gasteiger partial charge < -0.3 is 25.2 Å². The van der Waals surface area contributed by atoms with Crippen LogP contribution in [0.25, 0.3) is 0 Å². The van der Waals surface area contributed by atoms with Crippen molar-refractivity contribution in [3.8, 4) is 17.2 Å². The fourth-order valence-electron chi connectivity index (χ4n) is 5.69. The first-order valence-electron chi connectivity index (χ1n) is 14.3. The molecule has 0 radical (unpaired) electrons. The normalized spacial score (nSPS) is 16.9. The van der Waals surface area contributed by atoms with E-state index in [9.17, 15) is 5.11 Å². The van der Waals surface area contributed by atoms with Crippen LogP contribution in [-0.2, 0) is 19.3 Å². The van der Waals surface area contributed by atoms with Gasteiger partial charge in [-0.25, -0.2) is 0 Å². The minimum absolute atomic E-state index is 0.364. The number of phenols is 1. The molecule has 3 aromatic carbocycles. The van der Waals surface area contributed by atoms with E-state index in [2.05, 4.69) is 59.2 Å². The monoisotopic (exact) mass is 514 g/mol. The molecule has 5 heteroatoms. The van der Waals surface area contributed by atoms with Crippen LogP contribution in [0.2, 0.25) is 0 Å². The van der Waals surface area contributed by atoms with E-state index in [1.165, 1.54) is 47.2 Å². The minimum atomic E-state index is 0.364. The van der Waals surface area contributed by atoms with Crippen molar-refractivity contribution in [1.29, 1.82) is 0 Å². The van der Waals surface area contributed by atoms with Crippen molar-refractivity contribution in [3.63, 3.8) is 0 Å². The summed E-state index contributed by atoms with van der Waals surface area (Å²) in [6.07, 6.45) is 9.32. The molecule has 0 aliphatic heterocycles. The number of hydrogen-bond donors (Lipinski definition) is 3. The highest BCUT2D eigenvalue weighted by molar-refractivity contribution is 5.57. The zero-order valence-corrected chi connectivity index (χ0v) is 22.7. The molecule has 0 amide bonds. The molecule has 0 aromatic heterocycles. The molecule has 3 aromatic rings. The van der Waals surface area contributed by atoms with E-state index in [0.717, 1.165) is 69.2 Å². The number of rotatable bonds is 13. The molecule has 1 unspecified atom stereocenters. The first-order chi connectivity index (χ1) is 18.7. The Hall–Kier alpha value is -3.18. The zero-order chi connectivity index (χ0) is 26.2. The molecule has 0 spiro atoms. The third kappa shape index (κ3) is 7.02. The molecule has 38 heavy (non-hydrogen) atoms. The standard InChI is InChI=1S/C33H42N2O3/c1-37-31-15-16-32(28-10-9-27-21-29(36)12-11-26(27)20-28)33(22-31)35-17-3-6-24-7-13-30(14-8-24)38-19-18-34-23-25-4-2-5-25/h7-8,11-16,21-22,25,28,34-36H,2-6,9-10,17-20,23H2,1H3. The largest absolute Gasteiger partial charge is 0.508 e. The third-order valence-electron chi connectivity index (χ3n) is 8.20. The molecule has 2 aliphatic rings. The van der Waals surface area contributed by atoms with Crippen molar-refractivity contribution in [2.45, 2.75) is 57.3 Å². The van der Waals surface area contributed by atoms with Gasteiger partial charge >= 0.3 is 0 Å². The SMILES string of the molecule is COc1ccc(C2CCc3cc(O)ccc3C2)c(NCCCc2ccc(OCCNCC3CCC3)cc2)c1. The van der Waals surface area contributed by atoms with Crippen LogP contribution in [-0.4, -0.2) is 38.5 Å². The molecule has 0 saturated heterocycles. The van der Waals surface area contributed by atoms with Gasteiger partial charge in [0.1, 0.15) is 23.9 Å². The number of ether oxygens (including phenoxy) is 2. The zero-order valence-electron chi connectivity index (χ0n) is 22.7. The Morgan fingerprint density at radius 3 is 2.53 bits per heavy atom. The lowest BCUT2D eigenvalue weighted by molar-refractivity contribution is 0.276. The molecule has 5 rings (SSSR count). The molecule has 1 fully saturated rings. The Morgan fingerprint density at radius 1 is 0.895 bits per heavy atom. The van der Waals surface area contributed by atoms with Gasteiger partial charge in [0.2, 0.25) is 0 Å². The van der Waals surface area contributed by atoms with Crippen molar-refractivity contribution < 1.29 is 14.6 Å². The van der Waals surface area contributed by atoms with Gasteiger partial charge in [0.05, 0.1) is 7.11 Å². The Balaban J connectivity index is 1.09. The van der Waals surface area contributed by atoms with Gasteiger partial charge in [0, 0.05) is 24.8 Å². The van der Waals surface area contributed by atoms with E-state index in [0.29, 0.717) is 18.3 Å². The van der Waals surface area contributed by atoms with Gasteiger partial charge in [-0.15, -0.1) is 0 Å². The number of anilines is 1. The smallest absolute Gasteiger partial charge is 0.120 e. The number of fused-ring (bicyclic) bond motifs is 1. The van der Waals surface area contributed by atoms with E-state index in [-0.39, 0.29) is 0 Å². The Bertz CT molecular complexity index is 1170. The fourth-order valence-corrected chi connectivity index (χ4v) is 5.69. The molecular formula is C33H42N2O3. The summed E-state index contributed by atoms with van der Waals surface area (Å²) in [5.74, 6) is 3.54. The van der Waals surface area contributed by atoms with Crippen LogP contribution >= 0.6 is 0 Å². The molecule has 1 atom stereocenters. The lowest BCUT2D eigenvalue weighted by Gasteiger charge is -2.27. The predicted molar refractivity (Wildman–Crippen MR) is 155 cm³/mol. The highest BCUT2D eigenvalue weighted by atomic mass is 16.5. The Kier molecular flexibility index (Phi) is 9.08. The predicted octanol–water partition coefficient (Wildman–Crippen LogP) is 6.49. The number of nitrogens with one attached hydrogen (secondary N) is 2. The summed E-state index contributed by atoms with van der Waals surface area (Å²) in [6.45, 7) is 3.66. The number of benzene rings is 3. The maximum atomic E-state index is 9.83. The average molecular weight is 515 g/mol. The Labute approximate surface area is 227 Å². The number of aromatic hydroxyl groups is 1. The first kappa shape index (κ1) is 26.4. The van der Waals surface area contributed by atoms with Crippen molar-refractivity contribution in [1.82, 2.24) is 5.32 Å². The highest BCUT2D eigenvalue weighted by Crippen LogP contribution is 2.38. The van der Waals surface area contributed by atoms with Gasteiger partial charge in [-0.2, -0.15) is 0 Å². The second-order valence-corrected chi connectivity index (χ2v) is 10.9. The van der Waals surface area contributed by atoms with E-state index >= 15 is 0 Å². The van der Waals surface area contributed by atoms with Crippen molar-refractivity contribution in [2.24, 2.45) is 5.92 Å². The minimum Gasteiger partial charge on any atom is -0.508 e. The average Bonchev–Trinajstić information content (AvgIpc) is 2.92. The number of hydrogen-bond acceptors (Lipinski definition) is 5. The maximum absolute atomic E-state index is 9.83. The summed E-state index contributed by atoms with van der Waals surface area (Å²) < 4.78 is 11.4. The summed E-state index contributed by atoms with van der Waals surface area (Å²) in [5, 5.41) is 17.0. The second kappa shape index (κ2) is 13.1. The van der Waals surface area contributed by atoms with Gasteiger partial charge in [0.15, 0.2) is 0 Å². The van der Waals surface area contributed by atoms with Crippen LogP contribution < -0.4 is 20.1 Å². The van der Waals surface area contributed by atoms with Crippen molar-refractivity contribution >= 4 is 5.69 Å². The second-order valence-electron chi connectivity index (χ2n) is 10.9. The number of phenolic OH excluding ortho intramolecular Hbond substituents is 1. The first-order valence-corrected chi connectivity index (χ1v) is 14.3. The molecular weight excluding hydrogens is 472 g/mol. The quantitative estimate of drug-likeness (QED) is 0.228. The van der Waals surface area contributed by atoms with Crippen molar-refractivity contribution in [3.05, 3.63) is 82.9 Å². The summed E-state index contributed by atoms with van der Waals surface area (Å²) >= 11 is 0. The van der Waals surface area contributed by atoms with Crippen molar-refractivity contribution in [2.75, 3.05) is 38.7 Å². The molecule has 202 valence electrons. The van der Waals surface area contributed by atoms with E-state index in [4.69, 9.17) is 9.47 Å².